The van der Waals surface area contributed by atoms with Crippen LogP contribution in [0, 0.1) is 13.8 Å². The Kier molecular flexibility index (Phi) is 4.63. The standard InChI is InChI=1S/C13H20ClNO/c1-5-11(15)7-10-6-8(2)13(16-4)12(14)9(10)3/h6,11H,5,7,15H2,1-4H3. The van der Waals surface area contributed by atoms with Gasteiger partial charge in [0.2, 0.25) is 0 Å². The summed E-state index contributed by atoms with van der Waals surface area (Å²) in [6, 6.07) is 2.32. The first-order valence-electron chi connectivity index (χ1n) is 5.59. The summed E-state index contributed by atoms with van der Waals surface area (Å²) in [5.74, 6) is 0.771. The molecular weight excluding hydrogens is 222 g/mol. The molecule has 2 nitrogen and oxygen atoms in total. The lowest BCUT2D eigenvalue weighted by atomic mass is 9.97. The summed E-state index contributed by atoms with van der Waals surface area (Å²) in [6.45, 7) is 6.12. The smallest absolute Gasteiger partial charge is 0.140 e. The van der Waals surface area contributed by atoms with Gasteiger partial charge in [0, 0.05) is 6.04 Å². The van der Waals surface area contributed by atoms with Gasteiger partial charge in [0.1, 0.15) is 5.75 Å². The summed E-state index contributed by atoms with van der Waals surface area (Å²) in [5.41, 5.74) is 9.33. The van der Waals surface area contributed by atoms with Crippen molar-refractivity contribution in [3.05, 3.63) is 27.8 Å². The van der Waals surface area contributed by atoms with Gasteiger partial charge in [-0.05, 0) is 43.4 Å². The van der Waals surface area contributed by atoms with Crippen LogP contribution < -0.4 is 10.5 Å². The minimum atomic E-state index is 0.197. The molecule has 0 aliphatic carbocycles. The molecule has 1 aromatic rings. The highest BCUT2D eigenvalue weighted by molar-refractivity contribution is 6.33. The van der Waals surface area contributed by atoms with Crippen LogP contribution in [0.3, 0.4) is 0 Å². The largest absolute Gasteiger partial charge is 0.495 e. The van der Waals surface area contributed by atoms with Crippen LogP contribution in [0.5, 0.6) is 5.75 Å². The van der Waals surface area contributed by atoms with E-state index in [2.05, 4.69) is 13.0 Å². The van der Waals surface area contributed by atoms with E-state index in [1.54, 1.807) is 7.11 Å². The summed E-state index contributed by atoms with van der Waals surface area (Å²) in [6.07, 6.45) is 1.84. The van der Waals surface area contributed by atoms with Crippen LogP contribution in [0.25, 0.3) is 0 Å². The van der Waals surface area contributed by atoms with E-state index in [4.69, 9.17) is 22.1 Å². The van der Waals surface area contributed by atoms with Gasteiger partial charge >= 0.3 is 0 Å². The molecule has 0 bridgehead atoms. The molecule has 0 aromatic heterocycles. The molecule has 0 spiro atoms. The van der Waals surface area contributed by atoms with Crippen molar-refractivity contribution in [3.63, 3.8) is 0 Å². The molecular formula is C13H20ClNO. The zero-order chi connectivity index (χ0) is 12.3. The minimum Gasteiger partial charge on any atom is -0.495 e. The first-order chi connectivity index (χ1) is 7.51. The van der Waals surface area contributed by atoms with Crippen LogP contribution in [0.15, 0.2) is 6.07 Å². The van der Waals surface area contributed by atoms with Crippen molar-refractivity contribution in [2.75, 3.05) is 7.11 Å². The second-order valence-corrected chi connectivity index (χ2v) is 4.58. The average molecular weight is 242 g/mol. The number of halogens is 1. The Morgan fingerprint density at radius 3 is 2.56 bits per heavy atom. The van der Waals surface area contributed by atoms with E-state index >= 15 is 0 Å². The lowest BCUT2D eigenvalue weighted by Gasteiger charge is -2.16. The van der Waals surface area contributed by atoms with Gasteiger partial charge in [-0.3, -0.25) is 0 Å². The molecule has 0 amide bonds. The van der Waals surface area contributed by atoms with Crippen LogP contribution in [-0.4, -0.2) is 13.2 Å². The summed E-state index contributed by atoms with van der Waals surface area (Å²) >= 11 is 6.26. The van der Waals surface area contributed by atoms with Gasteiger partial charge in [0.05, 0.1) is 12.1 Å². The SMILES string of the molecule is CCC(N)Cc1cc(C)c(OC)c(Cl)c1C. The monoisotopic (exact) mass is 241 g/mol. The number of hydrogen-bond donors (Lipinski definition) is 1. The Hall–Kier alpha value is -0.730. The number of ether oxygens (including phenoxy) is 1. The first-order valence-corrected chi connectivity index (χ1v) is 5.97. The molecule has 0 heterocycles. The molecule has 0 saturated heterocycles. The Bertz CT molecular complexity index is 377. The van der Waals surface area contributed by atoms with E-state index < -0.39 is 0 Å². The maximum absolute atomic E-state index is 6.26. The predicted molar refractivity (Wildman–Crippen MR) is 69.4 cm³/mol. The Morgan fingerprint density at radius 1 is 1.44 bits per heavy atom. The molecule has 3 heteroatoms. The molecule has 90 valence electrons. The van der Waals surface area contributed by atoms with E-state index in [-0.39, 0.29) is 6.04 Å². The third-order valence-corrected chi connectivity index (χ3v) is 3.42. The first kappa shape index (κ1) is 13.3. The fraction of sp³-hybridized carbons (Fsp3) is 0.538. The molecule has 2 N–H and O–H groups in total. The molecule has 0 radical (unpaired) electrons. The maximum Gasteiger partial charge on any atom is 0.140 e. The zero-order valence-corrected chi connectivity index (χ0v) is 11.2. The van der Waals surface area contributed by atoms with Crippen molar-refractivity contribution in [1.82, 2.24) is 0 Å². The molecule has 1 atom stereocenters. The summed E-state index contributed by atoms with van der Waals surface area (Å²) in [4.78, 5) is 0. The van der Waals surface area contributed by atoms with Crippen LogP contribution >= 0.6 is 11.6 Å². The number of methoxy groups -OCH3 is 1. The van der Waals surface area contributed by atoms with Crippen molar-refractivity contribution < 1.29 is 4.74 Å². The van der Waals surface area contributed by atoms with Crippen LogP contribution in [0.1, 0.15) is 30.0 Å². The van der Waals surface area contributed by atoms with E-state index in [1.165, 1.54) is 5.56 Å². The normalized spacial score (nSPS) is 12.6. The molecule has 0 saturated carbocycles. The van der Waals surface area contributed by atoms with Gasteiger partial charge in [0.15, 0.2) is 0 Å². The Labute approximate surface area is 103 Å². The van der Waals surface area contributed by atoms with Crippen molar-refractivity contribution in [2.24, 2.45) is 5.73 Å². The second kappa shape index (κ2) is 5.55. The maximum atomic E-state index is 6.26. The van der Waals surface area contributed by atoms with E-state index in [0.29, 0.717) is 5.02 Å². The van der Waals surface area contributed by atoms with Crippen LogP contribution in [0.4, 0.5) is 0 Å². The quantitative estimate of drug-likeness (QED) is 0.878. The number of benzene rings is 1. The fourth-order valence-corrected chi connectivity index (χ4v) is 2.16. The van der Waals surface area contributed by atoms with Crippen molar-refractivity contribution in [1.29, 1.82) is 0 Å². The highest BCUT2D eigenvalue weighted by atomic mass is 35.5. The Balaban J connectivity index is 3.13. The van der Waals surface area contributed by atoms with Gasteiger partial charge in [-0.25, -0.2) is 0 Å². The number of rotatable bonds is 4. The lowest BCUT2D eigenvalue weighted by molar-refractivity contribution is 0.411. The molecule has 1 aromatic carbocycles. The number of hydrogen-bond acceptors (Lipinski definition) is 2. The molecule has 16 heavy (non-hydrogen) atoms. The predicted octanol–water partition coefficient (Wildman–Crippen LogP) is 3.25. The third kappa shape index (κ3) is 2.69. The average Bonchev–Trinajstić information content (AvgIpc) is 2.26. The fourth-order valence-electron chi connectivity index (χ4n) is 1.81. The molecule has 0 aliphatic rings. The molecule has 1 rings (SSSR count). The van der Waals surface area contributed by atoms with Gasteiger partial charge in [-0.15, -0.1) is 0 Å². The minimum absolute atomic E-state index is 0.197. The zero-order valence-electron chi connectivity index (χ0n) is 10.4. The Morgan fingerprint density at radius 2 is 2.06 bits per heavy atom. The van der Waals surface area contributed by atoms with Gasteiger partial charge in [-0.2, -0.15) is 0 Å². The third-order valence-electron chi connectivity index (χ3n) is 2.97. The molecule has 0 aliphatic heterocycles. The number of nitrogens with two attached hydrogens (primary N) is 1. The topological polar surface area (TPSA) is 35.2 Å². The van der Waals surface area contributed by atoms with Gasteiger partial charge in [-0.1, -0.05) is 24.6 Å². The highest BCUT2D eigenvalue weighted by Gasteiger charge is 2.13. The van der Waals surface area contributed by atoms with Crippen LogP contribution in [0.2, 0.25) is 5.02 Å². The summed E-state index contributed by atoms with van der Waals surface area (Å²) in [7, 11) is 1.64. The van der Waals surface area contributed by atoms with Gasteiger partial charge in [0.25, 0.3) is 0 Å². The van der Waals surface area contributed by atoms with Gasteiger partial charge < -0.3 is 10.5 Å². The van der Waals surface area contributed by atoms with Crippen molar-refractivity contribution >= 4 is 11.6 Å². The lowest BCUT2D eigenvalue weighted by Crippen LogP contribution is -2.22. The highest BCUT2D eigenvalue weighted by Crippen LogP contribution is 2.34. The van der Waals surface area contributed by atoms with Crippen LogP contribution in [-0.2, 0) is 6.42 Å². The van der Waals surface area contributed by atoms with E-state index in [9.17, 15) is 0 Å². The van der Waals surface area contributed by atoms with E-state index in [0.717, 1.165) is 29.7 Å². The molecule has 0 fully saturated rings. The molecule has 1 unspecified atom stereocenters. The van der Waals surface area contributed by atoms with Crippen molar-refractivity contribution in [3.8, 4) is 5.75 Å². The summed E-state index contributed by atoms with van der Waals surface area (Å²) in [5, 5.41) is 0.709. The second-order valence-electron chi connectivity index (χ2n) is 4.20. The van der Waals surface area contributed by atoms with E-state index in [1.807, 2.05) is 13.8 Å². The number of aryl methyl sites for hydroxylation is 1. The van der Waals surface area contributed by atoms with Crippen molar-refractivity contribution in [2.45, 2.75) is 39.7 Å². The summed E-state index contributed by atoms with van der Waals surface area (Å²) < 4.78 is 5.28.